The van der Waals surface area contributed by atoms with E-state index in [9.17, 15) is 18.0 Å². The lowest BCUT2D eigenvalue weighted by molar-refractivity contribution is -0.149. The number of hydrogen-bond donors (Lipinski definition) is 1. The van der Waals surface area contributed by atoms with Crippen LogP contribution in [0.2, 0.25) is 5.02 Å². The molecule has 0 atom stereocenters. The van der Waals surface area contributed by atoms with E-state index in [1.165, 1.54) is 19.2 Å². The summed E-state index contributed by atoms with van der Waals surface area (Å²) < 4.78 is 35.7. The Morgan fingerprint density at radius 3 is 2.38 bits per heavy atom. The summed E-state index contributed by atoms with van der Waals surface area (Å²) in [5.74, 6) is -1.14. The molecule has 0 radical (unpaired) electrons. The molecule has 0 heterocycles. The maximum absolute atomic E-state index is 13.5. The molecule has 1 aliphatic rings. The second-order valence-electron chi connectivity index (χ2n) is 7.92. The van der Waals surface area contributed by atoms with E-state index in [2.05, 4.69) is 5.32 Å². The van der Waals surface area contributed by atoms with Gasteiger partial charge >= 0.3 is 5.97 Å². The van der Waals surface area contributed by atoms with E-state index in [-0.39, 0.29) is 17.7 Å². The number of methoxy groups -OCH3 is 1. The van der Waals surface area contributed by atoms with E-state index in [1.54, 1.807) is 24.3 Å². The van der Waals surface area contributed by atoms with Crippen LogP contribution in [-0.2, 0) is 24.2 Å². The van der Waals surface area contributed by atoms with Gasteiger partial charge in [0.2, 0.25) is 0 Å². The molecule has 3 rings (SSSR count). The molecule has 32 heavy (non-hydrogen) atoms. The Hall–Kier alpha value is -2.58. The molecule has 0 aliphatic heterocycles. The Kier molecular flexibility index (Phi) is 7.15. The molecule has 1 amide bonds. The largest absolute Gasteiger partial charge is 0.495 e. The molecule has 0 bridgehead atoms. The van der Waals surface area contributed by atoms with Gasteiger partial charge in [0.25, 0.3) is 5.91 Å². The first kappa shape index (κ1) is 24.1. The highest BCUT2D eigenvalue weighted by molar-refractivity contribution is 7.93. The summed E-state index contributed by atoms with van der Waals surface area (Å²) in [6.45, 7) is 3.08. The third kappa shape index (κ3) is 4.61. The van der Waals surface area contributed by atoms with Crippen molar-refractivity contribution in [2.45, 2.75) is 49.2 Å². The number of esters is 1. The van der Waals surface area contributed by atoms with E-state index in [0.717, 1.165) is 11.1 Å². The Labute approximate surface area is 193 Å². The van der Waals surface area contributed by atoms with Crippen LogP contribution in [0.25, 0.3) is 0 Å². The first-order chi connectivity index (χ1) is 15.1. The quantitative estimate of drug-likeness (QED) is 0.596. The highest BCUT2D eigenvalue weighted by Crippen LogP contribution is 2.42. The van der Waals surface area contributed by atoms with Crippen LogP contribution in [-0.4, -0.2) is 38.8 Å². The lowest BCUT2D eigenvalue weighted by atomic mass is 10.1. The van der Waals surface area contributed by atoms with Gasteiger partial charge in [0.1, 0.15) is 5.75 Å². The Morgan fingerprint density at radius 1 is 1.06 bits per heavy atom. The fraction of sp³-hybridized carbons (Fsp3) is 0.391. The second-order valence-corrected chi connectivity index (χ2v) is 10.6. The van der Waals surface area contributed by atoms with E-state index in [4.69, 9.17) is 21.1 Å². The number of aryl methyl sites for hydroxylation is 2. The third-order valence-electron chi connectivity index (χ3n) is 5.86. The summed E-state index contributed by atoms with van der Waals surface area (Å²) >= 11 is 5.96. The predicted molar refractivity (Wildman–Crippen MR) is 122 cm³/mol. The molecule has 2 aromatic rings. The van der Waals surface area contributed by atoms with Crippen LogP contribution in [0.15, 0.2) is 41.3 Å². The van der Waals surface area contributed by atoms with Crippen molar-refractivity contribution in [1.29, 1.82) is 0 Å². The predicted octanol–water partition coefficient (Wildman–Crippen LogP) is 4.23. The molecule has 7 nitrogen and oxygen atoms in total. The minimum absolute atomic E-state index is 0.0903. The number of ether oxygens (including phenoxy) is 2. The average molecular weight is 480 g/mol. The molecule has 0 unspecified atom stereocenters. The highest BCUT2D eigenvalue weighted by Gasteiger charge is 2.54. The fourth-order valence-electron chi connectivity index (χ4n) is 3.86. The average Bonchev–Trinajstić information content (AvgIpc) is 3.26. The third-order valence-corrected chi connectivity index (χ3v) is 8.57. The van der Waals surface area contributed by atoms with Crippen LogP contribution in [0.5, 0.6) is 5.75 Å². The molecular formula is C23H26ClNO6S. The number of carbonyl (C=O) groups excluding carboxylic acids is 2. The fourth-order valence-corrected chi connectivity index (χ4v) is 6.17. The molecule has 172 valence electrons. The molecule has 1 aliphatic carbocycles. The Morgan fingerprint density at radius 2 is 1.75 bits per heavy atom. The van der Waals surface area contributed by atoms with Crippen molar-refractivity contribution in [3.8, 4) is 5.75 Å². The molecule has 9 heteroatoms. The molecule has 1 fully saturated rings. The molecule has 0 spiro atoms. The number of halogens is 1. The van der Waals surface area contributed by atoms with Crippen molar-refractivity contribution in [1.82, 2.24) is 0 Å². The van der Waals surface area contributed by atoms with Crippen molar-refractivity contribution < 1.29 is 27.5 Å². The lowest BCUT2D eigenvalue weighted by Gasteiger charge is -2.26. The summed E-state index contributed by atoms with van der Waals surface area (Å²) in [4.78, 5) is 25.5. The van der Waals surface area contributed by atoms with Crippen molar-refractivity contribution in [2.24, 2.45) is 0 Å². The summed E-state index contributed by atoms with van der Waals surface area (Å²) in [7, 11) is -2.56. The lowest BCUT2D eigenvalue weighted by Crippen LogP contribution is -2.46. The van der Waals surface area contributed by atoms with Gasteiger partial charge in [-0.1, -0.05) is 30.5 Å². The molecule has 0 aromatic heterocycles. The van der Waals surface area contributed by atoms with Gasteiger partial charge in [0.15, 0.2) is 21.2 Å². The zero-order valence-corrected chi connectivity index (χ0v) is 19.8. The van der Waals surface area contributed by atoms with Crippen LogP contribution in [0.3, 0.4) is 0 Å². The van der Waals surface area contributed by atoms with Crippen molar-refractivity contribution >= 4 is 39.0 Å². The monoisotopic (exact) mass is 479 g/mol. The Balaban J connectivity index is 1.78. The maximum Gasteiger partial charge on any atom is 0.328 e. The number of benzene rings is 2. The van der Waals surface area contributed by atoms with Gasteiger partial charge in [-0.05, 0) is 68.1 Å². The van der Waals surface area contributed by atoms with Crippen LogP contribution in [0, 0.1) is 13.8 Å². The SMILES string of the molecule is COc1ccc(Cl)cc1NC(=O)COC(=O)C1(S(=O)(=O)c2ccc(C)c(C)c2)CCCC1. The first-order valence-corrected chi connectivity index (χ1v) is 12.1. The number of carbonyl (C=O) groups is 2. The zero-order chi connectivity index (χ0) is 23.5. The smallest absolute Gasteiger partial charge is 0.328 e. The van der Waals surface area contributed by atoms with Crippen LogP contribution >= 0.6 is 11.6 Å². The van der Waals surface area contributed by atoms with Gasteiger partial charge in [0.05, 0.1) is 17.7 Å². The van der Waals surface area contributed by atoms with E-state index >= 15 is 0 Å². The van der Waals surface area contributed by atoms with Gasteiger partial charge in [-0.2, -0.15) is 0 Å². The molecule has 2 aromatic carbocycles. The minimum atomic E-state index is -4.01. The zero-order valence-electron chi connectivity index (χ0n) is 18.2. The number of rotatable bonds is 7. The van der Waals surface area contributed by atoms with E-state index in [1.807, 2.05) is 13.8 Å². The number of anilines is 1. The van der Waals surface area contributed by atoms with E-state index < -0.39 is 33.1 Å². The van der Waals surface area contributed by atoms with Gasteiger partial charge in [-0.25, -0.2) is 8.42 Å². The van der Waals surface area contributed by atoms with Crippen LogP contribution in [0.1, 0.15) is 36.8 Å². The summed E-state index contributed by atoms with van der Waals surface area (Å²) in [6.07, 6.45) is 1.49. The van der Waals surface area contributed by atoms with Crippen molar-refractivity contribution in [3.05, 3.63) is 52.5 Å². The van der Waals surface area contributed by atoms with E-state index in [0.29, 0.717) is 29.3 Å². The van der Waals surface area contributed by atoms with Crippen LogP contribution < -0.4 is 10.1 Å². The highest BCUT2D eigenvalue weighted by atomic mass is 35.5. The summed E-state index contributed by atoms with van der Waals surface area (Å²) in [5.41, 5.74) is 2.10. The molecule has 1 saturated carbocycles. The van der Waals surface area contributed by atoms with Gasteiger partial charge in [0, 0.05) is 5.02 Å². The molecule has 0 saturated heterocycles. The van der Waals surface area contributed by atoms with Crippen molar-refractivity contribution in [3.63, 3.8) is 0 Å². The van der Waals surface area contributed by atoms with Gasteiger partial charge < -0.3 is 14.8 Å². The molecular weight excluding hydrogens is 454 g/mol. The normalized spacial score (nSPS) is 15.2. The van der Waals surface area contributed by atoms with Crippen molar-refractivity contribution in [2.75, 3.05) is 19.0 Å². The van der Waals surface area contributed by atoms with Crippen LogP contribution in [0.4, 0.5) is 5.69 Å². The molecule has 1 N–H and O–H groups in total. The summed E-state index contributed by atoms with van der Waals surface area (Å²) in [6, 6.07) is 9.52. The number of nitrogens with one attached hydrogen (secondary N) is 1. The van der Waals surface area contributed by atoms with Gasteiger partial charge in [-0.3, -0.25) is 9.59 Å². The van der Waals surface area contributed by atoms with Gasteiger partial charge in [-0.15, -0.1) is 0 Å². The maximum atomic E-state index is 13.5. The first-order valence-electron chi connectivity index (χ1n) is 10.2. The standard InChI is InChI=1S/C23H26ClNO6S/c1-15-6-8-18(12-16(15)2)32(28,29)23(10-4-5-11-23)22(27)31-14-21(26)25-19-13-17(24)7-9-20(19)30-3/h6-9,12-13H,4-5,10-11,14H2,1-3H3,(H,25,26). The summed E-state index contributed by atoms with van der Waals surface area (Å²) in [5, 5.41) is 2.96. The Bertz CT molecular complexity index is 1140. The number of hydrogen-bond acceptors (Lipinski definition) is 6. The topological polar surface area (TPSA) is 98.8 Å². The number of sulfone groups is 1. The second kappa shape index (κ2) is 9.50. The number of amides is 1. The minimum Gasteiger partial charge on any atom is -0.495 e.